The number of benzene rings is 8. The first-order valence-electron chi connectivity index (χ1n) is 18.6. The minimum absolute atomic E-state index is 0.0726. The van der Waals surface area contributed by atoms with Gasteiger partial charge >= 0.3 is 0 Å². The van der Waals surface area contributed by atoms with Gasteiger partial charge in [0.2, 0.25) is 0 Å². The Bertz CT molecular complexity index is 2780. The molecule has 0 radical (unpaired) electrons. The van der Waals surface area contributed by atoms with Crippen molar-refractivity contribution in [1.82, 2.24) is 0 Å². The first-order chi connectivity index (χ1) is 26.5. The van der Waals surface area contributed by atoms with E-state index in [1.54, 1.807) is 0 Å². The molecule has 0 fully saturated rings. The second-order valence-electron chi connectivity index (χ2n) is 14.6. The molecule has 54 heavy (non-hydrogen) atoms. The van der Waals surface area contributed by atoms with E-state index < -0.39 is 0 Å². The smallest absolute Gasteiger partial charge is 0.135 e. The minimum Gasteiger partial charge on any atom is -0.456 e. The molecule has 3 heteroatoms. The third kappa shape index (κ3) is 5.28. The van der Waals surface area contributed by atoms with Crippen LogP contribution in [0.3, 0.4) is 0 Å². The van der Waals surface area contributed by atoms with Crippen LogP contribution in [0, 0.1) is 0 Å². The maximum absolute atomic E-state index is 6.15. The number of furan rings is 1. The van der Waals surface area contributed by atoms with Gasteiger partial charge in [0.05, 0.1) is 0 Å². The van der Waals surface area contributed by atoms with Crippen LogP contribution in [0.15, 0.2) is 199 Å². The number of rotatable bonds is 7. The summed E-state index contributed by atoms with van der Waals surface area (Å²) in [5.41, 5.74) is 16.1. The van der Waals surface area contributed by atoms with E-state index in [2.05, 4.69) is 206 Å². The lowest BCUT2D eigenvalue weighted by Crippen LogP contribution is -2.16. The van der Waals surface area contributed by atoms with Crippen LogP contribution in [0.25, 0.3) is 44.2 Å². The van der Waals surface area contributed by atoms with Crippen molar-refractivity contribution >= 4 is 56.1 Å². The van der Waals surface area contributed by atoms with Crippen molar-refractivity contribution in [2.24, 2.45) is 0 Å². The lowest BCUT2D eigenvalue weighted by molar-refractivity contribution is 0.660. The zero-order valence-electron chi connectivity index (χ0n) is 30.3. The second kappa shape index (κ2) is 12.7. The van der Waals surface area contributed by atoms with Crippen molar-refractivity contribution in [2.75, 3.05) is 9.80 Å². The Labute approximate surface area is 316 Å². The molecule has 3 nitrogen and oxygen atoms in total. The Morgan fingerprint density at radius 3 is 1.46 bits per heavy atom. The summed E-state index contributed by atoms with van der Waals surface area (Å²) in [6.45, 7) is 4.68. The van der Waals surface area contributed by atoms with E-state index in [0.29, 0.717) is 0 Å². The summed E-state index contributed by atoms with van der Waals surface area (Å²) in [5.74, 6) is 0. The molecule has 258 valence electrons. The zero-order chi connectivity index (χ0) is 36.2. The molecule has 0 aliphatic heterocycles. The number of fused-ring (bicyclic) bond motifs is 6. The fourth-order valence-electron chi connectivity index (χ4n) is 8.34. The number of para-hydroxylation sites is 3. The van der Waals surface area contributed by atoms with E-state index in [9.17, 15) is 0 Å². The van der Waals surface area contributed by atoms with Gasteiger partial charge in [-0.15, -0.1) is 0 Å². The van der Waals surface area contributed by atoms with Gasteiger partial charge in [0.1, 0.15) is 11.2 Å². The third-order valence-corrected chi connectivity index (χ3v) is 11.1. The van der Waals surface area contributed by atoms with Crippen LogP contribution >= 0.6 is 0 Å². The van der Waals surface area contributed by atoms with Crippen molar-refractivity contribution in [1.29, 1.82) is 0 Å². The van der Waals surface area contributed by atoms with E-state index >= 15 is 0 Å². The van der Waals surface area contributed by atoms with Gasteiger partial charge in [-0.1, -0.05) is 123 Å². The molecule has 10 rings (SSSR count). The van der Waals surface area contributed by atoms with Crippen LogP contribution in [0.4, 0.5) is 34.1 Å². The molecule has 0 unspecified atom stereocenters. The summed E-state index contributed by atoms with van der Waals surface area (Å²) in [7, 11) is 0. The predicted octanol–water partition coefficient (Wildman–Crippen LogP) is 14.5. The summed E-state index contributed by atoms with van der Waals surface area (Å²) in [4.78, 5) is 4.67. The van der Waals surface area contributed by atoms with E-state index in [-0.39, 0.29) is 5.41 Å². The van der Waals surface area contributed by atoms with Gasteiger partial charge in [-0.05, 0) is 118 Å². The van der Waals surface area contributed by atoms with Crippen LogP contribution in [-0.2, 0) is 5.41 Å². The molecular formula is C51H38N2O. The van der Waals surface area contributed by atoms with Gasteiger partial charge < -0.3 is 14.2 Å². The predicted molar refractivity (Wildman–Crippen MR) is 226 cm³/mol. The van der Waals surface area contributed by atoms with Gasteiger partial charge in [0.25, 0.3) is 0 Å². The number of nitrogens with zero attached hydrogens (tertiary/aromatic N) is 2. The van der Waals surface area contributed by atoms with E-state index in [1.807, 2.05) is 12.1 Å². The Balaban J connectivity index is 0.991. The topological polar surface area (TPSA) is 19.6 Å². The van der Waals surface area contributed by atoms with Crippen molar-refractivity contribution in [2.45, 2.75) is 19.3 Å². The van der Waals surface area contributed by atoms with Gasteiger partial charge in [-0.3, -0.25) is 0 Å². The second-order valence-corrected chi connectivity index (χ2v) is 14.6. The number of anilines is 6. The van der Waals surface area contributed by atoms with E-state index in [1.165, 1.54) is 27.8 Å². The average Bonchev–Trinajstić information content (AvgIpc) is 3.71. The molecule has 0 N–H and O–H groups in total. The minimum atomic E-state index is -0.0726. The van der Waals surface area contributed by atoms with Crippen molar-refractivity contribution in [3.8, 4) is 22.3 Å². The molecule has 9 aromatic rings. The highest BCUT2D eigenvalue weighted by molar-refractivity contribution is 6.06. The van der Waals surface area contributed by atoms with Crippen LogP contribution < -0.4 is 9.80 Å². The highest BCUT2D eigenvalue weighted by atomic mass is 16.3. The van der Waals surface area contributed by atoms with Gasteiger partial charge in [-0.25, -0.2) is 0 Å². The molecular weight excluding hydrogens is 657 g/mol. The summed E-state index contributed by atoms with van der Waals surface area (Å²) < 4.78 is 6.15. The quantitative estimate of drug-likeness (QED) is 0.166. The largest absolute Gasteiger partial charge is 0.456 e. The molecule has 0 bridgehead atoms. The van der Waals surface area contributed by atoms with Crippen LogP contribution in [-0.4, -0.2) is 0 Å². The van der Waals surface area contributed by atoms with Crippen LogP contribution in [0.5, 0.6) is 0 Å². The highest BCUT2D eigenvalue weighted by Gasteiger charge is 2.35. The van der Waals surface area contributed by atoms with Crippen molar-refractivity contribution in [3.63, 3.8) is 0 Å². The summed E-state index contributed by atoms with van der Waals surface area (Å²) in [6, 6.07) is 69.5. The Morgan fingerprint density at radius 2 is 0.815 bits per heavy atom. The zero-order valence-corrected chi connectivity index (χ0v) is 30.3. The highest BCUT2D eigenvalue weighted by Crippen LogP contribution is 2.50. The molecule has 8 aromatic carbocycles. The Morgan fingerprint density at radius 1 is 0.352 bits per heavy atom. The summed E-state index contributed by atoms with van der Waals surface area (Å²) in [6.07, 6.45) is 0. The molecule has 1 heterocycles. The van der Waals surface area contributed by atoms with Crippen molar-refractivity contribution in [3.05, 3.63) is 205 Å². The monoisotopic (exact) mass is 694 g/mol. The molecule has 0 saturated carbocycles. The average molecular weight is 695 g/mol. The fraction of sp³-hybridized carbons (Fsp3) is 0.0588. The lowest BCUT2D eigenvalue weighted by Gasteiger charge is -2.28. The maximum Gasteiger partial charge on any atom is 0.135 e. The molecule has 0 saturated heterocycles. The first kappa shape index (κ1) is 31.9. The van der Waals surface area contributed by atoms with Gasteiger partial charge in [0, 0.05) is 50.3 Å². The fourth-order valence-corrected chi connectivity index (χ4v) is 8.34. The SMILES string of the molecule is CC1(C)c2ccccc2-c2ccc(N(c3ccccc3)c3ccc(-c4ccc(N(c5ccccc5)c5ccc6oc7ccccc7c6c5)cc4)cc3)cc21. The Hall–Kier alpha value is -6.84. The standard InChI is InChI=1S/C51H38N2O/c1-51(2)47-19-11-9-17-43(47)44-31-29-42(34-48(44)51)53(38-15-7-4-8-16-38)40-27-23-36(24-28-40)35-21-25-39(26-22-35)52(37-13-5-3-6-14-37)41-30-32-50-46(33-41)45-18-10-12-20-49(45)54-50/h3-34H,1-2H3. The summed E-state index contributed by atoms with van der Waals surface area (Å²) in [5, 5.41) is 2.23. The van der Waals surface area contributed by atoms with E-state index in [0.717, 1.165) is 61.6 Å². The number of hydrogen-bond donors (Lipinski definition) is 0. The molecule has 0 atom stereocenters. The lowest BCUT2D eigenvalue weighted by atomic mass is 9.82. The van der Waals surface area contributed by atoms with Gasteiger partial charge in [0.15, 0.2) is 0 Å². The van der Waals surface area contributed by atoms with Crippen LogP contribution in [0.1, 0.15) is 25.0 Å². The van der Waals surface area contributed by atoms with Crippen molar-refractivity contribution < 1.29 is 4.42 Å². The third-order valence-electron chi connectivity index (χ3n) is 11.1. The Kier molecular flexibility index (Phi) is 7.48. The maximum atomic E-state index is 6.15. The number of hydrogen-bond acceptors (Lipinski definition) is 3. The van der Waals surface area contributed by atoms with E-state index in [4.69, 9.17) is 4.42 Å². The molecule has 1 aromatic heterocycles. The normalized spacial score (nSPS) is 12.8. The summed E-state index contributed by atoms with van der Waals surface area (Å²) >= 11 is 0. The molecule has 1 aliphatic carbocycles. The molecule has 0 amide bonds. The first-order valence-corrected chi connectivity index (χ1v) is 18.6. The van der Waals surface area contributed by atoms with Crippen LogP contribution in [0.2, 0.25) is 0 Å². The molecule has 0 spiro atoms. The van der Waals surface area contributed by atoms with Gasteiger partial charge in [-0.2, -0.15) is 0 Å². The molecule has 1 aliphatic rings.